The van der Waals surface area contributed by atoms with Crippen LogP contribution >= 0.6 is 35.0 Å². The van der Waals surface area contributed by atoms with E-state index in [4.69, 9.17) is 23.2 Å². The van der Waals surface area contributed by atoms with Crippen LogP contribution in [0.15, 0.2) is 58.5 Å². The molecule has 2 N–H and O–H groups in total. The molecule has 1 aromatic heterocycles. The summed E-state index contributed by atoms with van der Waals surface area (Å²) in [7, 11) is 0. The van der Waals surface area contributed by atoms with Crippen molar-refractivity contribution >= 4 is 46.6 Å². The summed E-state index contributed by atoms with van der Waals surface area (Å²) in [6, 6.07) is 13.6. The number of amides is 1. The maximum atomic E-state index is 12.6. The third-order valence-electron chi connectivity index (χ3n) is 3.80. The number of aromatic nitrogens is 2. The number of halogens is 2. The van der Waals surface area contributed by atoms with E-state index in [1.807, 2.05) is 6.07 Å². The van der Waals surface area contributed by atoms with Gasteiger partial charge in [0.1, 0.15) is 0 Å². The van der Waals surface area contributed by atoms with Gasteiger partial charge < -0.3 is 10.4 Å². The van der Waals surface area contributed by atoms with Gasteiger partial charge in [-0.25, -0.2) is 0 Å². The van der Waals surface area contributed by atoms with E-state index in [0.717, 1.165) is 11.8 Å². The van der Waals surface area contributed by atoms with Crippen LogP contribution in [0.3, 0.4) is 0 Å². The SMILES string of the molecule is Cc1c(O)nc(SCC(=O)Nc2ccc(Cl)cc2Cl)n(-c2ccccc2)c1=O. The van der Waals surface area contributed by atoms with E-state index >= 15 is 0 Å². The summed E-state index contributed by atoms with van der Waals surface area (Å²) in [6.07, 6.45) is 0. The number of nitrogens with one attached hydrogen (secondary N) is 1. The molecule has 0 saturated heterocycles. The van der Waals surface area contributed by atoms with Gasteiger partial charge in [0.25, 0.3) is 5.56 Å². The van der Waals surface area contributed by atoms with Crippen molar-refractivity contribution in [2.45, 2.75) is 12.1 Å². The normalized spacial score (nSPS) is 10.7. The van der Waals surface area contributed by atoms with Crippen molar-refractivity contribution in [3.05, 3.63) is 74.5 Å². The Bertz CT molecular complexity index is 1090. The molecule has 28 heavy (non-hydrogen) atoms. The number of anilines is 1. The smallest absolute Gasteiger partial charge is 0.265 e. The molecule has 9 heteroatoms. The minimum absolute atomic E-state index is 0.0409. The molecule has 0 unspecified atom stereocenters. The first-order chi connectivity index (χ1) is 13.4. The number of hydrogen-bond acceptors (Lipinski definition) is 5. The molecule has 0 aliphatic carbocycles. The lowest BCUT2D eigenvalue weighted by atomic mass is 10.3. The highest BCUT2D eigenvalue weighted by molar-refractivity contribution is 7.99. The van der Waals surface area contributed by atoms with Crippen LogP contribution in [0.5, 0.6) is 5.88 Å². The van der Waals surface area contributed by atoms with Gasteiger partial charge in [0.15, 0.2) is 5.16 Å². The molecule has 0 aliphatic rings. The van der Waals surface area contributed by atoms with Crippen LogP contribution in [0.2, 0.25) is 10.0 Å². The molecule has 144 valence electrons. The maximum Gasteiger partial charge on any atom is 0.265 e. The van der Waals surface area contributed by atoms with E-state index in [-0.39, 0.29) is 28.3 Å². The molecule has 3 aromatic rings. The zero-order chi connectivity index (χ0) is 20.3. The van der Waals surface area contributed by atoms with Crippen molar-refractivity contribution in [3.63, 3.8) is 0 Å². The third kappa shape index (κ3) is 4.49. The number of nitrogens with zero attached hydrogens (tertiary/aromatic N) is 2. The molecule has 0 saturated carbocycles. The minimum atomic E-state index is -0.401. The standard InChI is InChI=1S/C19H15Cl2N3O3S/c1-11-17(26)23-19(24(18(11)27)13-5-3-2-4-6-13)28-10-16(25)22-15-8-7-12(20)9-14(15)21/h2-9,26H,10H2,1H3,(H,22,25). The fourth-order valence-corrected chi connectivity index (χ4v) is 3.64. The largest absolute Gasteiger partial charge is 0.493 e. The average Bonchev–Trinajstić information content (AvgIpc) is 2.67. The quantitative estimate of drug-likeness (QED) is 0.461. The number of carbonyl (C=O) groups is 1. The molecule has 1 heterocycles. The van der Waals surface area contributed by atoms with Crippen molar-refractivity contribution in [1.29, 1.82) is 0 Å². The summed E-state index contributed by atoms with van der Waals surface area (Å²) in [4.78, 5) is 29.0. The number of aromatic hydroxyl groups is 1. The summed E-state index contributed by atoms with van der Waals surface area (Å²) in [5.41, 5.74) is 0.747. The summed E-state index contributed by atoms with van der Waals surface area (Å²) in [5.74, 6) is -0.746. The van der Waals surface area contributed by atoms with Crippen molar-refractivity contribution in [2.24, 2.45) is 0 Å². The van der Waals surface area contributed by atoms with Gasteiger partial charge >= 0.3 is 0 Å². The van der Waals surface area contributed by atoms with E-state index in [9.17, 15) is 14.7 Å². The summed E-state index contributed by atoms with van der Waals surface area (Å²) in [5, 5.41) is 13.6. The van der Waals surface area contributed by atoms with Crippen molar-refractivity contribution in [3.8, 4) is 11.6 Å². The summed E-state index contributed by atoms with van der Waals surface area (Å²) < 4.78 is 1.36. The summed E-state index contributed by atoms with van der Waals surface area (Å²) in [6.45, 7) is 1.49. The Morgan fingerprint density at radius 1 is 1.21 bits per heavy atom. The molecular weight excluding hydrogens is 421 g/mol. The highest BCUT2D eigenvalue weighted by atomic mass is 35.5. The Labute approximate surface area is 175 Å². The average molecular weight is 436 g/mol. The van der Waals surface area contributed by atoms with Crippen LogP contribution in [0.25, 0.3) is 5.69 Å². The zero-order valence-electron chi connectivity index (χ0n) is 14.6. The van der Waals surface area contributed by atoms with Crippen LogP contribution in [0.1, 0.15) is 5.56 Å². The molecule has 1 amide bonds. The van der Waals surface area contributed by atoms with Gasteiger partial charge in [0, 0.05) is 5.02 Å². The van der Waals surface area contributed by atoms with Crippen LogP contribution in [-0.2, 0) is 4.79 Å². The topological polar surface area (TPSA) is 84.2 Å². The molecular formula is C19H15Cl2N3O3S. The predicted molar refractivity (Wildman–Crippen MR) is 112 cm³/mol. The number of thioether (sulfide) groups is 1. The fraction of sp³-hybridized carbons (Fsp3) is 0.105. The fourth-order valence-electron chi connectivity index (χ4n) is 2.38. The molecule has 0 spiro atoms. The lowest BCUT2D eigenvalue weighted by Crippen LogP contribution is -2.24. The molecule has 0 atom stereocenters. The van der Waals surface area contributed by atoms with Gasteiger partial charge in [0.2, 0.25) is 11.8 Å². The minimum Gasteiger partial charge on any atom is -0.493 e. The van der Waals surface area contributed by atoms with Crippen molar-refractivity contribution in [2.75, 3.05) is 11.1 Å². The molecule has 3 rings (SSSR count). The molecule has 6 nitrogen and oxygen atoms in total. The van der Waals surface area contributed by atoms with Crippen LogP contribution in [0.4, 0.5) is 5.69 Å². The zero-order valence-corrected chi connectivity index (χ0v) is 17.0. The van der Waals surface area contributed by atoms with Gasteiger partial charge in [-0.1, -0.05) is 53.2 Å². The second-order valence-corrected chi connectivity index (χ2v) is 7.57. The number of hydrogen-bond donors (Lipinski definition) is 2. The van der Waals surface area contributed by atoms with Gasteiger partial charge in [0.05, 0.1) is 27.7 Å². The Kier molecular flexibility index (Phi) is 6.28. The highest BCUT2D eigenvalue weighted by Crippen LogP contribution is 2.26. The molecule has 0 fully saturated rings. The Balaban J connectivity index is 1.84. The van der Waals surface area contributed by atoms with Gasteiger partial charge in [-0.2, -0.15) is 4.98 Å². The molecule has 0 aliphatic heterocycles. The van der Waals surface area contributed by atoms with Gasteiger partial charge in [-0.15, -0.1) is 0 Å². The van der Waals surface area contributed by atoms with E-state index in [1.165, 1.54) is 17.6 Å². The first-order valence-electron chi connectivity index (χ1n) is 8.12. The number of benzene rings is 2. The number of para-hydroxylation sites is 1. The first-order valence-corrected chi connectivity index (χ1v) is 9.86. The van der Waals surface area contributed by atoms with Gasteiger partial charge in [-0.3, -0.25) is 14.2 Å². The first kappa shape index (κ1) is 20.3. The van der Waals surface area contributed by atoms with E-state index in [0.29, 0.717) is 21.4 Å². The number of carbonyl (C=O) groups excluding carboxylic acids is 1. The van der Waals surface area contributed by atoms with Crippen molar-refractivity contribution in [1.82, 2.24) is 9.55 Å². The van der Waals surface area contributed by atoms with Crippen LogP contribution in [0, 0.1) is 6.92 Å². The molecule has 0 bridgehead atoms. The second kappa shape index (κ2) is 8.68. The monoisotopic (exact) mass is 435 g/mol. The molecule has 2 aromatic carbocycles. The third-order valence-corrected chi connectivity index (χ3v) is 5.29. The Morgan fingerprint density at radius 2 is 1.93 bits per heavy atom. The predicted octanol–water partition coefficient (Wildman–Crippen LogP) is 4.28. The van der Waals surface area contributed by atoms with E-state index in [2.05, 4.69) is 10.3 Å². The van der Waals surface area contributed by atoms with Gasteiger partial charge in [-0.05, 0) is 37.3 Å². The maximum absolute atomic E-state index is 12.6. The highest BCUT2D eigenvalue weighted by Gasteiger charge is 2.16. The summed E-state index contributed by atoms with van der Waals surface area (Å²) >= 11 is 12.9. The second-order valence-electron chi connectivity index (χ2n) is 5.78. The molecule has 0 radical (unpaired) electrons. The Morgan fingerprint density at radius 3 is 2.61 bits per heavy atom. The van der Waals surface area contributed by atoms with E-state index in [1.54, 1.807) is 36.4 Å². The Hall–Kier alpha value is -2.48. The van der Waals surface area contributed by atoms with E-state index < -0.39 is 5.56 Å². The lowest BCUT2D eigenvalue weighted by Gasteiger charge is -2.13. The lowest BCUT2D eigenvalue weighted by molar-refractivity contribution is -0.113. The van der Waals surface area contributed by atoms with Crippen molar-refractivity contribution < 1.29 is 9.90 Å². The number of rotatable bonds is 5. The van der Waals surface area contributed by atoms with Crippen LogP contribution in [-0.4, -0.2) is 26.3 Å². The van der Waals surface area contributed by atoms with Crippen LogP contribution < -0.4 is 10.9 Å².